The molecule has 1 fully saturated rings. The van der Waals surface area contributed by atoms with Gasteiger partial charge < -0.3 is 9.32 Å². The van der Waals surface area contributed by atoms with Crippen LogP contribution in [0.25, 0.3) is 0 Å². The van der Waals surface area contributed by atoms with E-state index >= 15 is 0 Å². The maximum atomic E-state index is 13.3. The lowest BCUT2D eigenvalue weighted by Gasteiger charge is -2.27. The lowest BCUT2D eigenvalue weighted by molar-refractivity contribution is -0.122. The molecule has 0 radical (unpaired) electrons. The van der Waals surface area contributed by atoms with Crippen LogP contribution in [0, 0.1) is 0 Å². The Morgan fingerprint density at radius 1 is 1.10 bits per heavy atom. The van der Waals surface area contributed by atoms with Crippen LogP contribution in [-0.4, -0.2) is 28.7 Å². The normalized spacial score (nSPS) is 16.2. The summed E-state index contributed by atoms with van der Waals surface area (Å²) in [5.41, 5.74) is 0.834. The van der Waals surface area contributed by atoms with Gasteiger partial charge in [-0.25, -0.2) is 4.90 Å². The third-order valence-corrected chi connectivity index (χ3v) is 5.62. The molecule has 30 heavy (non-hydrogen) atoms. The number of carbonyl (C=O) groups is 3. The van der Waals surface area contributed by atoms with Crippen molar-refractivity contribution in [3.63, 3.8) is 0 Å². The number of carbonyl (C=O) groups excluding carboxylic acids is 3. The molecule has 0 unspecified atom stereocenters. The predicted octanol–water partition coefficient (Wildman–Crippen LogP) is 4.67. The second kappa shape index (κ2) is 8.45. The highest BCUT2D eigenvalue weighted by molar-refractivity contribution is 9.10. The van der Waals surface area contributed by atoms with Crippen molar-refractivity contribution in [3.8, 4) is 0 Å². The van der Waals surface area contributed by atoms with Crippen molar-refractivity contribution in [1.29, 1.82) is 0 Å². The summed E-state index contributed by atoms with van der Waals surface area (Å²) in [7, 11) is 0. The van der Waals surface area contributed by atoms with Crippen molar-refractivity contribution >= 4 is 50.9 Å². The monoisotopic (exact) mass is 486 g/mol. The van der Waals surface area contributed by atoms with Crippen molar-refractivity contribution in [1.82, 2.24) is 4.90 Å². The summed E-state index contributed by atoms with van der Waals surface area (Å²) in [6.45, 7) is 0.0618. The Balaban J connectivity index is 1.67. The molecular weight excluding hydrogens is 472 g/mol. The van der Waals surface area contributed by atoms with E-state index in [0.29, 0.717) is 22.0 Å². The van der Waals surface area contributed by atoms with Gasteiger partial charge in [0.05, 0.1) is 24.9 Å². The first kappa shape index (κ1) is 20.4. The molecule has 2 heterocycles. The summed E-state index contributed by atoms with van der Waals surface area (Å²) in [5.74, 6) is -0.677. The first-order valence-electron chi connectivity index (χ1n) is 9.15. The molecule has 0 saturated carbocycles. The number of hydrogen-bond acceptors (Lipinski definition) is 4. The Bertz CT molecular complexity index is 1080. The number of imide groups is 1. The number of benzene rings is 2. The Hall–Kier alpha value is -2.90. The molecule has 2 aromatic carbocycles. The lowest BCUT2D eigenvalue weighted by Crippen LogP contribution is -2.45. The third-order valence-electron chi connectivity index (χ3n) is 4.84. The van der Waals surface area contributed by atoms with Gasteiger partial charge in [0.1, 0.15) is 11.8 Å². The summed E-state index contributed by atoms with van der Waals surface area (Å²) in [6, 6.07) is 15.7. The fourth-order valence-electron chi connectivity index (χ4n) is 3.37. The van der Waals surface area contributed by atoms with Crippen molar-refractivity contribution in [2.45, 2.75) is 19.0 Å². The number of nitrogens with zero attached hydrogens (tertiary/aromatic N) is 2. The second-order valence-corrected chi connectivity index (χ2v) is 8.14. The molecule has 0 aliphatic carbocycles. The molecule has 1 aromatic heterocycles. The minimum Gasteiger partial charge on any atom is -0.467 e. The fraction of sp³-hybridized carbons (Fsp3) is 0.136. The van der Waals surface area contributed by atoms with E-state index in [4.69, 9.17) is 16.0 Å². The number of halogens is 2. The highest BCUT2D eigenvalue weighted by Crippen LogP contribution is 2.29. The van der Waals surface area contributed by atoms with Gasteiger partial charge in [-0.3, -0.25) is 14.4 Å². The Kier molecular flexibility index (Phi) is 5.74. The zero-order valence-electron chi connectivity index (χ0n) is 15.6. The molecule has 0 bridgehead atoms. The summed E-state index contributed by atoms with van der Waals surface area (Å²) in [5, 5.41) is 0.498. The van der Waals surface area contributed by atoms with Crippen LogP contribution < -0.4 is 4.90 Å². The molecule has 3 amide bonds. The van der Waals surface area contributed by atoms with Crippen LogP contribution in [0.4, 0.5) is 5.69 Å². The van der Waals surface area contributed by atoms with Crippen LogP contribution in [0.5, 0.6) is 0 Å². The second-order valence-electron chi connectivity index (χ2n) is 6.78. The average Bonchev–Trinajstić information content (AvgIpc) is 3.35. The number of furan rings is 1. The van der Waals surface area contributed by atoms with Crippen molar-refractivity contribution in [2.24, 2.45) is 0 Å². The largest absolute Gasteiger partial charge is 0.467 e. The Morgan fingerprint density at radius 2 is 1.80 bits per heavy atom. The van der Waals surface area contributed by atoms with E-state index < -0.39 is 11.9 Å². The highest BCUT2D eigenvalue weighted by Gasteiger charge is 2.44. The molecule has 0 spiro atoms. The quantitative estimate of drug-likeness (QED) is 0.490. The Morgan fingerprint density at radius 3 is 2.43 bits per heavy atom. The first-order chi connectivity index (χ1) is 14.4. The van der Waals surface area contributed by atoms with Crippen molar-refractivity contribution < 1.29 is 18.8 Å². The van der Waals surface area contributed by atoms with Crippen LogP contribution in [0.1, 0.15) is 22.5 Å². The van der Waals surface area contributed by atoms with E-state index in [1.807, 2.05) is 0 Å². The highest BCUT2D eigenvalue weighted by atomic mass is 79.9. The maximum absolute atomic E-state index is 13.3. The number of amides is 3. The topological polar surface area (TPSA) is 70.8 Å². The molecule has 6 nitrogen and oxygen atoms in total. The first-order valence-corrected chi connectivity index (χ1v) is 10.3. The number of anilines is 1. The molecule has 4 rings (SSSR count). The molecule has 1 atom stereocenters. The predicted molar refractivity (Wildman–Crippen MR) is 115 cm³/mol. The zero-order valence-corrected chi connectivity index (χ0v) is 18.0. The smallest absolute Gasteiger partial charge is 0.257 e. The van der Waals surface area contributed by atoms with E-state index in [9.17, 15) is 14.4 Å². The van der Waals surface area contributed by atoms with Crippen LogP contribution >= 0.6 is 27.5 Å². The van der Waals surface area contributed by atoms with Crippen LogP contribution in [0.15, 0.2) is 75.8 Å². The summed E-state index contributed by atoms with van der Waals surface area (Å²) < 4.78 is 6.22. The van der Waals surface area contributed by atoms with E-state index in [1.54, 1.807) is 60.7 Å². The van der Waals surface area contributed by atoms with Gasteiger partial charge in [0.15, 0.2) is 0 Å². The molecule has 1 saturated heterocycles. The van der Waals surface area contributed by atoms with Gasteiger partial charge in [0, 0.05) is 15.1 Å². The molecule has 0 N–H and O–H groups in total. The summed E-state index contributed by atoms with van der Waals surface area (Å²) in [6.07, 6.45) is 1.39. The SMILES string of the molecule is O=C1C[C@H](N(Cc2ccco2)C(=O)c2ccc(Cl)cc2)C(=O)N1c1ccc(Br)cc1. The summed E-state index contributed by atoms with van der Waals surface area (Å²) >= 11 is 9.27. The van der Waals surface area contributed by atoms with Crippen LogP contribution in [-0.2, 0) is 16.1 Å². The molecule has 3 aromatic rings. The van der Waals surface area contributed by atoms with E-state index in [-0.39, 0.29) is 24.8 Å². The molecule has 152 valence electrons. The van der Waals surface area contributed by atoms with E-state index in [0.717, 1.165) is 9.37 Å². The van der Waals surface area contributed by atoms with Crippen molar-refractivity contribution in [3.05, 3.63) is 87.7 Å². The maximum Gasteiger partial charge on any atom is 0.257 e. The molecule has 8 heteroatoms. The van der Waals surface area contributed by atoms with Gasteiger partial charge in [-0.15, -0.1) is 0 Å². The average molecular weight is 488 g/mol. The van der Waals surface area contributed by atoms with Gasteiger partial charge in [-0.05, 0) is 60.7 Å². The lowest BCUT2D eigenvalue weighted by atomic mass is 10.1. The molecule has 1 aliphatic heterocycles. The van der Waals surface area contributed by atoms with Gasteiger partial charge in [0.2, 0.25) is 5.91 Å². The van der Waals surface area contributed by atoms with Crippen LogP contribution in [0.3, 0.4) is 0 Å². The van der Waals surface area contributed by atoms with Gasteiger partial charge in [-0.2, -0.15) is 0 Å². The summed E-state index contributed by atoms with van der Waals surface area (Å²) in [4.78, 5) is 41.7. The number of hydrogen-bond donors (Lipinski definition) is 0. The standard InChI is InChI=1S/C22H16BrClN2O4/c23-15-5-9-17(10-6-15)26-20(27)12-19(22(26)29)25(13-18-2-1-11-30-18)21(28)14-3-7-16(24)8-4-14/h1-11,19H,12-13H2/t19-/m0/s1. The van der Waals surface area contributed by atoms with Gasteiger partial charge in [-0.1, -0.05) is 27.5 Å². The minimum atomic E-state index is -0.936. The zero-order chi connectivity index (χ0) is 21.3. The van der Waals surface area contributed by atoms with E-state index in [2.05, 4.69) is 15.9 Å². The molecular formula is C22H16BrClN2O4. The van der Waals surface area contributed by atoms with Gasteiger partial charge in [0.25, 0.3) is 11.8 Å². The van der Waals surface area contributed by atoms with Crippen LogP contribution in [0.2, 0.25) is 5.02 Å². The third kappa shape index (κ3) is 4.04. The van der Waals surface area contributed by atoms with Gasteiger partial charge >= 0.3 is 0 Å². The van der Waals surface area contributed by atoms with E-state index in [1.165, 1.54) is 11.2 Å². The Labute approximate surface area is 186 Å². The fourth-order valence-corrected chi connectivity index (χ4v) is 3.76. The molecule has 1 aliphatic rings. The number of rotatable bonds is 5. The van der Waals surface area contributed by atoms with Crippen molar-refractivity contribution in [2.75, 3.05) is 4.90 Å². The minimum absolute atomic E-state index is 0.0618.